The number of hydrogen-bond acceptors (Lipinski definition) is 4. The van der Waals surface area contributed by atoms with Crippen molar-refractivity contribution in [2.75, 3.05) is 7.05 Å². The maximum absolute atomic E-state index is 12.0. The van der Waals surface area contributed by atoms with E-state index < -0.39 is 0 Å². The summed E-state index contributed by atoms with van der Waals surface area (Å²) in [6.45, 7) is 0. The Labute approximate surface area is 146 Å². The Morgan fingerprint density at radius 3 is 2.73 bits per heavy atom. The third kappa shape index (κ3) is 2.94. The van der Waals surface area contributed by atoms with Crippen LogP contribution in [0.1, 0.15) is 5.76 Å². The molecule has 0 spiro atoms. The Morgan fingerprint density at radius 2 is 2.05 bits per heavy atom. The van der Waals surface area contributed by atoms with Gasteiger partial charge in [0.1, 0.15) is 15.8 Å². The average molecular weight is 370 g/mol. The van der Waals surface area contributed by atoms with E-state index in [4.69, 9.17) is 39.8 Å². The highest BCUT2D eigenvalue weighted by Crippen LogP contribution is 2.34. The van der Waals surface area contributed by atoms with Crippen LogP contribution in [0.25, 0.3) is 17.4 Å². The van der Waals surface area contributed by atoms with Crippen LogP contribution >= 0.6 is 47.2 Å². The van der Waals surface area contributed by atoms with Crippen molar-refractivity contribution in [2.24, 2.45) is 0 Å². The number of furan rings is 1. The van der Waals surface area contributed by atoms with Gasteiger partial charge in [-0.15, -0.1) is 0 Å². The van der Waals surface area contributed by atoms with Gasteiger partial charge in [-0.2, -0.15) is 0 Å². The van der Waals surface area contributed by atoms with Crippen LogP contribution in [-0.2, 0) is 4.79 Å². The first-order valence-corrected chi connectivity index (χ1v) is 8.20. The van der Waals surface area contributed by atoms with Crippen molar-refractivity contribution >= 4 is 63.5 Å². The van der Waals surface area contributed by atoms with E-state index in [1.807, 2.05) is 0 Å². The molecule has 3 rings (SSSR count). The number of likely N-dealkylation sites (N-methyl/N-ethyl adjacent to an activating group) is 1. The smallest absolute Gasteiger partial charge is 0.266 e. The number of benzene rings is 1. The normalized spacial score (nSPS) is 16.9. The van der Waals surface area contributed by atoms with Crippen LogP contribution in [0.3, 0.4) is 0 Å². The SMILES string of the molecule is CN1C(=O)/C(=C/c2ccc(-c3cc(Cl)ccc3Cl)o2)SC1=S. The largest absolute Gasteiger partial charge is 0.457 e. The average Bonchev–Trinajstić information content (AvgIpc) is 3.03. The number of nitrogens with zero attached hydrogens (tertiary/aromatic N) is 1. The molecule has 2 aromatic rings. The first kappa shape index (κ1) is 15.6. The van der Waals surface area contributed by atoms with Gasteiger partial charge < -0.3 is 4.42 Å². The van der Waals surface area contributed by atoms with Gasteiger partial charge in [0.2, 0.25) is 0 Å². The molecule has 1 fully saturated rings. The predicted octanol–water partition coefficient (Wildman–Crippen LogP) is 5.08. The fourth-order valence-corrected chi connectivity index (χ4v) is 3.48. The Bertz CT molecular complexity index is 814. The Kier molecular flexibility index (Phi) is 4.32. The van der Waals surface area contributed by atoms with Crippen LogP contribution in [0.4, 0.5) is 0 Å². The Balaban J connectivity index is 1.93. The molecule has 0 saturated carbocycles. The van der Waals surface area contributed by atoms with E-state index in [0.29, 0.717) is 36.4 Å². The molecular weight excluding hydrogens is 361 g/mol. The molecule has 1 saturated heterocycles. The van der Waals surface area contributed by atoms with Crippen LogP contribution in [-0.4, -0.2) is 22.2 Å². The highest BCUT2D eigenvalue weighted by atomic mass is 35.5. The van der Waals surface area contributed by atoms with Crippen molar-refractivity contribution in [3.8, 4) is 11.3 Å². The summed E-state index contributed by atoms with van der Waals surface area (Å²) in [7, 11) is 1.65. The van der Waals surface area contributed by atoms with Crippen molar-refractivity contribution in [3.05, 3.63) is 51.0 Å². The predicted molar refractivity (Wildman–Crippen MR) is 95.1 cm³/mol. The van der Waals surface area contributed by atoms with Crippen molar-refractivity contribution in [1.29, 1.82) is 0 Å². The third-order valence-electron chi connectivity index (χ3n) is 3.08. The lowest BCUT2D eigenvalue weighted by atomic mass is 10.2. The van der Waals surface area contributed by atoms with Crippen molar-refractivity contribution in [2.45, 2.75) is 0 Å². The summed E-state index contributed by atoms with van der Waals surface area (Å²) in [6.07, 6.45) is 1.67. The molecule has 0 radical (unpaired) electrons. The lowest BCUT2D eigenvalue weighted by molar-refractivity contribution is -0.121. The summed E-state index contributed by atoms with van der Waals surface area (Å²) in [5.41, 5.74) is 0.705. The molecule has 1 amide bonds. The van der Waals surface area contributed by atoms with Gasteiger partial charge >= 0.3 is 0 Å². The molecule has 112 valence electrons. The standard InChI is InChI=1S/C15H9Cl2NO2S2/c1-18-14(19)13(22-15(18)21)7-9-3-5-12(20-9)10-6-8(16)2-4-11(10)17/h2-7H,1H3/b13-7-. The van der Waals surface area contributed by atoms with E-state index in [1.54, 1.807) is 43.5 Å². The number of hydrogen-bond donors (Lipinski definition) is 0. The maximum atomic E-state index is 12.0. The van der Waals surface area contributed by atoms with E-state index in [-0.39, 0.29) is 5.91 Å². The summed E-state index contributed by atoms with van der Waals surface area (Å²) >= 11 is 18.5. The van der Waals surface area contributed by atoms with E-state index in [0.717, 1.165) is 0 Å². The zero-order valence-electron chi connectivity index (χ0n) is 11.3. The molecule has 0 N–H and O–H groups in total. The van der Waals surface area contributed by atoms with E-state index in [9.17, 15) is 4.79 Å². The van der Waals surface area contributed by atoms with E-state index >= 15 is 0 Å². The minimum atomic E-state index is -0.131. The molecule has 1 aromatic heterocycles. The van der Waals surface area contributed by atoms with Gasteiger partial charge in [0, 0.05) is 23.7 Å². The van der Waals surface area contributed by atoms with Gasteiger partial charge in [-0.25, -0.2) is 0 Å². The molecule has 0 bridgehead atoms. The van der Waals surface area contributed by atoms with Gasteiger partial charge in [0.15, 0.2) is 0 Å². The van der Waals surface area contributed by atoms with E-state index in [2.05, 4.69) is 0 Å². The molecule has 0 unspecified atom stereocenters. The molecule has 1 aromatic carbocycles. The van der Waals surface area contributed by atoms with Crippen molar-refractivity contribution < 1.29 is 9.21 Å². The number of thioether (sulfide) groups is 1. The number of carbonyl (C=O) groups is 1. The van der Waals surface area contributed by atoms with Crippen LogP contribution in [0.5, 0.6) is 0 Å². The second-order valence-corrected chi connectivity index (χ2v) is 7.09. The van der Waals surface area contributed by atoms with E-state index in [1.165, 1.54) is 16.7 Å². The Morgan fingerprint density at radius 1 is 1.27 bits per heavy atom. The lowest BCUT2D eigenvalue weighted by Crippen LogP contribution is -2.22. The summed E-state index contributed by atoms with van der Waals surface area (Å²) < 4.78 is 6.27. The Hall–Kier alpha value is -1.27. The maximum Gasteiger partial charge on any atom is 0.266 e. The molecule has 2 heterocycles. The summed E-state index contributed by atoms with van der Waals surface area (Å²) in [6, 6.07) is 8.72. The first-order valence-electron chi connectivity index (χ1n) is 6.22. The molecule has 7 heteroatoms. The fraction of sp³-hybridized carbons (Fsp3) is 0.0667. The zero-order valence-corrected chi connectivity index (χ0v) is 14.4. The minimum Gasteiger partial charge on any atom is -0.457 e. The van der Waals surface area contributed by atoms with Crippen molar-refractivity contribution in [3.63, 3.8) is 0 Å². The number of thiocarbonyl (C=S) groups is 1. The number of rotatable bonds is 2. The summed E-state index contributed by atoms with van der Waals surface area (Å²) in [4.78, 5) is 13.9. The topological polar surface area (TPSA) is 33.5 Å². The third-order valence-corrected chi connectivity index (χ3v) is 5.13. The van der Waals surface area contributed by atoms with Crippen LogP contribution in [0.15, 0.2) is 39.7 Å². The second-order valence-electron chi connectivity index (χ2n) is 4.57. The monoisotopic (exact) mass is 369 g/mol. The van der Waals surface area contributed by atoms with Gasteiger partial charge in [0.25, 0.3) is 5.91 Å². The van der Waals surface area contributed by atoms with Gasteiger partial charge in [-0.3, -0.25) is 9.69 Å². The first-order chi connectivity index (χ1) is 10.5. The number of halogens is 2. The van der Waals surface area contributed by atoms with Gasteiger partial charge in [-0.05, 0) is 30.3 Å². The minimum absolute atomic E-state index is 0.131. The molecule has 0 atom stereocenters. The molecule has 3 nitrogen and oxygen atoms in total. The summed E-state index contributed by atoms with van der Waals surface area (Å²) in [5.74, 6) is 1.01. The zero-order chi connectivity index (χ0) is 15.9. The molecule has 0 aliphatic carbocycles. The fourth-order valence-electron chi connectivity index (χ4n) is 1.94. The molecule has 1 aliphatic heterocycles. The molecular formula is C15H9Cl2NO2S2. The van der Waals surface area contributed by atoms with Crippen LogP contribution in [0, 0.1) is 0 Å². The number of carbonyl (C=O) groups excluding carboxylic acids is 1. The van der Waals surface area contributed by atoms with Gasteiger partial charge in [-0.1, -0.05) is 47.2 Å². The van der Waals surface area contributed by atoms with Gasteiger partial charge in [0.05, 0.1) is 9.93 Å². The molecule has 22 heavy (non-hydrogen) atoms. The quantitative estimate of drug-likeness (QED) is 0.545. The molecule has 1 aliphatic rings. The summed E-state index contributed by atoms with van der Waals surface area (Å²) in [5, 5.41) is 1.12. The highest BCUT2D eigenvalue weighted by Gasteiger charge is 2.29. The van der Waals surface area contributed by atoms with Crippen LogP contribution in [0.2, 0.25) is 10.0 Å². The van der Waals surface area contributed by atoms with Crippen LogP contribution < -0.4 is 0 Å². The number of amides is 1. The van der Waals surface area contributed by atoms with Crippen molar-refractivity contribution in [1.82, 2.24) is 4.90 Å². The second kappa shape index (κ2) is 6.08. The highest BCUT2D eigenvalue weighted by molar-refractivity contribution is 8.26. The lowest BCUT2D eigenvalue weighted by Gasteiger charge is -2.03.